The fraction of sp³-hybridized carbons (Fsp3) is 0.500. The zero-order valence-electron chi connectivity index (χ0n) is 9.99. The highest BCUT2D eigenvalue weighted by atomic mass is 79.9. The minimum Gasteiger partial charge on any atom is -0.394 e. The Balaban J connectivity index is 2.40. The minimum absolute atomic E-state index is 0.0180. The fourth-order valence-corrected chi connectivity index (χ4v) is 2.06. The van der Waals surface area contributed by atoms with Crippen molar-refractivity contribution in [1.29, 1.82) is 0 Å². The van der Waals surface area contributed by atoms with Crippen LogP contribution in [0.2, 0.25) is 0 Å². The Morgan fingerprint density at radius 2 is 2.35 bits per heavy atom. The van der Waals surface area contributed by atoms with Crippen LogP contribution in [0.4, 0.5) is 4.39 Å². The normalized spacial score (nSPS) is 27.0. The minimum atomic E-state index is -0.961. The summed E-state index contributed by atoms with van der Waals surface area (Å²) in [5.41, 5.74) is -2.03. The second-order valence-corrected chi connectivity index (χ2v) is 4.90. The molecule has 1 saturated heterocycles. The molecule has 3 atom stereocenters. The molecule has 10 heteroatoms. The summed E-state index contributed by atoms with van der Waals surface area (Å²) in [5, 5.41) is 22.3. The molecule has 0 bridgehead atoms. The van der Waals surface area contributed by atoms with Gasteiger partial charge in [-0.2, -0.15) is 14.2 Å². The number of hydrogen-bond donors (Lipinski definition) is 3. The molecule has 1 aromatic rings. The van der Waals surface area contributed by atoms with E-state index in [2.05, 4.69) is 21.0 Å². The second-order valence-electron chi connectivity index (χ2n) is 4.14. The maximum atomic E-state index is 12.7. The summed E-state index contributed by atoms with van der Waals surface area (Å²) in [7, 11) is 0. The zero-order chi connectivity index (χ0) is 14.9. The standard InChI is InChI=1S/C10H11BrFN3O5/c11-7(12)1-4-9(18)13-10(19)15(14-4)8-2-5(17)6(3-16)20-8/h1,5-6,8,16-17H,2-3H2,(H,13,18,19)/b7-1-/t5?,6-,8-/m0/s1. The number of halogens is 2. The van der Waals surface area contributed by atoms with E-state index in [0.717, 1.165) is 10.8 Å². The van der Waals surface area contributed by atoms with Crippen molar-refractivity contribution in [2.75, 3.05) is 6.61 Å². The van der Waals surface area contributed by atoms with Gasteiger partial charge in [-0.15, -0.1) is 0 Å². The van der Waals surface area contributed by atoms with Crippen LogP contribution in [0.1, 0.15) is 18.3 Å². The Labute approximate surface area is 119 Å². The Morgan fingerprint density at radius 1 is 1.65 bits per heavy atom. The molecule has 8 nitrogen and oxygen atoms in total. The van der Waals surface area contributed by atoms with Crippen molar-refractivity contribution in [3.63, 3.8) is 0 Å². The number of hydrogen-bond acceptors (Lipinski definition) is 6. The van der Waals surface area contributed by atoms with Gasteiger partial charge in [0.25, 0.3) is 5.56 Å². The SMILES string of the molecule is O=c1[nH]c(=O)n([C@@H]2CC(O)[C@H](CO)O2)nc1/C=C(\F)Br. The molecule has 3 N–H and O–H groups in total. The highest BCUT2D eigenvalue weighted by Gasteiger charge is 2.35. The second kappa shape index (κ2) is 5.95. The van der Waals surface area contributed by atoms with E-state index in [0.29, 0.717) is 0 Å². The van der Waals surface area contributed by atoms with Crippen molar-refractivity contribution in [2.24, 2.45) is 0 Å². The largest absolute Gasteiger partial charge is 0.394 e. The van der Waals surface area contributed by atoms with Gasteiger partial charge in [-0.1, -0.05) is 0 Å². The first-order chi connectivity index (χ1) is 9.42. The van der Waals surface area contributed by atoms with Gasteiger partial charge in [0.15, 0.2) is 16.7 Å². The Kier molecular flexibility index (Phi) is 4.48. The Bertz CT molecular complexity index is 639. The van der Waals surface area contributed by atoms with Gasteiger partial charge in [0.1, 0.15) is 6.10 Å². The van der Waals surface area contributed by atoms with Gasteiger partial charge in [-0.05, 0) is 15.9 Å². The molecule has 0 saturated carbocycles. The third-order valence-electron chi connectivity index (χ3n) is 2.78. The van der Waals surface area contributed by atoms with Gasteiger partial charge in [0.05, 0.1) is 12.7 Å². The number of aromatic nitrogens is 3. The molecule has 2 heterocycles. The number of nitrogens with zero attached hydrogens (tertiary/aromatic N) is 2. The van der Waals surface area contributed by atoms with Crippen molar-refractivity contribution < 1.29 is 19.3 Å². The van der Waals surface area contributed by atoms with Gasteiger partial charge in [0, 0.05) is 12.5 Å². The van der Waals surface area contributed by atoms with Crippen molar-refractivity contribution in [1.82, 2.24) is 14.8 Å². The summed E-state index contributed by atoms with van der Waals surface area (Å²) in [5.74, 6) is 0. The summed E-state index contributed by atoms with van der Waals surface area (Å²) in [6, 6.07) is 0. The summed E-state index contributed by atoms with van der Waals surface area (Å²) in [4.78, 5) is 25.1. The number of aliphatic hydroxyl groups excluding tert-OH is 2. The lowest BCUT2D eigenvalue weighted by Gasteiger charge is -2.13. The van der Waals surface area contributed by atoms with Crippen LogP contribution in [-0.4, -0.2) is 43.8 Å². The summed E-state index contributed by atoms with van der Waals surface area (Å²) >= 11 is 2.51. The van der Waals surface area contributed by atoms with Crippen molar-refractivity contribution >= 4 is 22.0 Å². The molecule has 20 heavy (non-hydrogen) atoms. The van der Waals surface area contributed by atoms with Crippen molar-refractivity contribution in [3.05, 3.63) is 31.3 Å². The van der Waals surface area contributed by atoms with E-state index in [1.807, 2.05) is 4.98 Å². The maximum absolute atomic E-state index is 12.7. The lowest BCUT2D eigenvalue weighted by atomic mass is 10.2. The van der Waals surface area contributed by atoms with Crippen LogP contribution >= 0.6 is 15.9 Å². The summed E-state index contributed by atoms with van der Waals surface area (Å²) in [6.07, 6.45) is -1.93. The van der Waals surface area contributed by atoms with Crippen LogP contribution in [0.25, 0.3) is 6.08 Å². The van der Waals surface area contributed by atoms with Gasteiger partial charge >= 0.3 is 5.69 Å². The third-order valence-corrected chi connectivity index (χ3v) is 3.01. The van der Waals surface area contributed by atoms with Crippen LogP contribution in [0, 0.1) is 0 Å². The average Bonchev–Trinajstić information content (AvgIpc) is 2.73. The first kappa shape index (κ1) is 15.0. The van der Waals surface area contributed by atoms with Gasteiger partial charge in [0.2, 0.25) is 0 Å². The van der Waals surface area contributed by atoms with Crippen LogP contribution < -0.4 is 11.2 Å². The highest BCUT2D eigenvalue weighted by Crippen LogP contribution is 2.26. The zero-order valence-corrected chi connectivity index (χ0v) is 11.6. The molecular weight excluding hydrogens is 341 g/mol. The molecule has 1 aliphatic rings. The first-order valence-electron chi connectivity index (χ1n) is 5.62. The molecule has 2 rings (SSSR count). The fourth-order valence-electron chi connectivity index (χ4n) is 1.85. The van der Waals surface area contributed by atoms with Gasteiger partial charge in [-0.3, -0.25) is 9.78 Å². The number of rotatable bonds is 3. The number of aromatic amines is 1. The van der Waals surface area contributed by atoms with Crippen molar-refractivity contribution in [3.8, 4) is 0 Å². The number of nitrogens with one attached hydrogen (secondary N) is 1. The lowest BCUT2D eigenvalue weighted by Crippen LogP contribution is -2.36. The summed E-state index contributed by atoms with van der Waals surface area (Å²) < 4.78 is 18.0. The van der Waals surface area contributed by atoms with E-state index < -0.39 is 41.0 Å². The maximum Gasteiger partial charge on any atom is 0.347 e. The molecule has 1 aliphatic heterocycles. The molecule has 0 spiro atoms. The van der Waals surface area contributed by atoms with Crippen LogP contribution in [0.5, 0.6) is 0 Å². The molecule has 0 amide bonds. The molecule has 110 valence electrons. The topological polar surface area (TPSA) is 117 Å². The van der Waals surface area contributed by atoms with Gasteiger partial charge < -0.3 is 14.9 Å². The molecule has 1 fully saturated rings. The molecule has 0 aromatic carbocycles. The van der Waals surface area contributed by atoms with Crippen molar-refractivity contribution in [2.45, 2.75) is 24.9 Å². The Hall–Kier alpha value is -1.36. The van der Waals surface area contributed by atoms with E-state index in [1.54, 1.807) is 0 Å². The molecule has 0 aliphatic carbocycles. The van der Waals surface area contributed by atoms with E-state index in [-0.39, 0.29) is 12.1 Å². The van der Waals surface area contributed by atoms with E-state index in [4.69, 9.17) is 9.84 Å². The van der Waals surface area contributed by atoms with Gasteiger partial charge in [-0.25, -0.2) is 4.79 Å². The highest BCUT2D eigenvalue weighted by molar-refractivity contribution is 9.11. The quantitative estimate of drug-likeness (QED) is 0.658. The number of aliphatic hydroxyl groups is 2. The average molecular weight is 352 g/mol. The Morgan fingerprint density at radius 3 is 2.90 bits per heavy atom. The van der Waals surface area contributed by atoms with E-state index in [9.17, 15) is 19.1 Å². The van der Waals surface area contributed by atoms with Crippen LogP contribution in [-0.2, 0) is 4.74 Å². The van der Waals surface area contributed by atoms with Crippen LogP contribution in [0.15, 0.2) is 14.3 Å². The molecule has 1 unspecified atom stereocenters. The lowest BCUT2D eigenvalue weighted by molar-refractivity contribution is -0.0507. The van der Waals surface area contributed by atoms with Crippen LogP contribution in [0.3, 0.4) is 0 Å². The predicted molar refractivity (Wildman–Crippen MR) is 68.7 cm³/mol. The monoisotopic (exact) mass is 351 g/mol. The molecule has 0 radical (unpaired) electrons. The number of ether oxygens (including phenoxy) is 1. The summed E-state index contributed by atoms with van der Waals surface area (Å²) in [6.45, 7) is -0.418. The third kappa shape index (κ3) is 3.03. The van der Waals surface area contributed by atoms with E-state index in [1.165, 1.54) is 0 Å². The first-order valence-corrected chi connectivity index (χ1v) is 6.42. The number of H-pyrrole nitrogens is 1. The molecular formula is C10H11BrFN3O5. The molecule has 1 aromatic heterocycles. The van der Waals surface area contributed by atoms with E-state index >= 15 is 0 Å². The predicted octanol–water partition coefficient (Wildman–Crippen LogP) is -0.765. The smallest absolute Gasteiger partial charge is 0.347 e.